The molecule has 0 aliphatic carbocycles. The fourth-order valence-corrected chi connectivity index (χ4v) is 2.30. The van der Waals surface area contributed by atoms with Gasteiger partial charge in [0.05, 0.1) is 19.8 Å². The molecule has 23 heavy (non-hydrogen) atoms. The van der Waals surface area contributed by atoms with Crippen LogP contribution in [0.15, 0.2) is 0 Å². The van der Waals surface area contributed by atoms with E-state index in [0.717, 1.165) is 26.1 Å². The first-order chi connectivity index (χ1) is 11.1. The molecule has 0 spiro atoms. The van der Waals surface area contributed by atoms with Gasteiger partial charge in [-0.25, -0.2) is 0 Å². The predicted octanol–water partition coefficient (Wildman–Crippen LogP) is 3.03. The Hall–Kier alpha value is -0.650. The first-order valence-corrected chi connectivity index (χ1v) is 9.17. The Morgan fingerprint density at radius 1 is 1.04 bits per heavy atom. The van der Waals surface area contributed by atoms with Gasteiger partial charge in [-0.05, 0) is 46.4 Å². The number of carbonyl (C=O) groups excluding carboxylic acids is 1. The highest BCUT2D eigenvalue weighted by Crippen LogP contribution is 2.09. The molecule has 1 unspecified atom stereocenters. The molecule has 0 saturated carbocycles. The van der Waals surface area contributed by atoms with Crippen LogP contribution in [0.3, 0.4) is 0 Å². The van der Waals surface area contributed by atoms with Crippen molar-refractivity contribution in [2.75, 3.05) is 54.0 Å². The standard InChI is InChI=1S/C9H17NO3.C5H11N.2C2H6/c1-10-5-6-13-8(7-10)3-4-9(11)12-2;1-6-4-2-3-5-6;2*1-2/h8H,3-7H2,1-2H3;2-5H2,1H3;2*1-2H3. The van der Waals surface area contributed by atoms with Gasteiger partial charge in [-0.15, -0.1) is 0 Å². The summed E-state index contributed by atoms with van der Waals surface area (Å²) in [4.78, 5) is 15.4. The minimum Gasteiger partial charge on any atom is -0.469 e. The number of ether oxygens (including phenoxy) is 2. The van der Waals surface area contributed by atoms with Crippen LogP contribution in [0, 0.1) is 0 Å². The molecule has 0 bridgehead atoms. The van der Waals surface area contributed by atoms with Crippen LogP contribution in [0.1, 0.15) is 53.4 Å². The van der Waals surface area contributed by atoms with Crippen LogP contribution >= 0.6 is 0 Å². The second kappa shape index (κ2) is 17.7. The fourth-order valence-electron chi connectivity index (χ4n) is 2.30. The summed E-state index contributed by atoms with van der Waals surface area (Å²) in [5, 5.41) is 0. The molecular formula is C18H40N2O3. The maximum absolute atomic E-state index is 10.8. The van der Waals surface area contributed by atoms with Gasteiger partial charge in [-0.2, -0.15) is 0 Å². The van der Waals surface area contributed by atoms with Crippen LogP contribution in [0.4, 0.5) is 0 Å². The maximum Gasteiger partial charge on any atom is 0.305 e. The van der Waals surface area contributed by atoms with Crippen molar-refractivity contribution >= 4 is 5.97 Å². The molecule has 0 N–H and O–H groups in total. The summed E-state index contributed by atoms with van der Waals surface area (Å²) >= 11 is 0. The predicted molar refractivity (Wildman–Crippen MR) is 97.9 cm³/mol. The van der Waals surface area contributed by atoms with Crippen LogP contribution in [0.5, 0.6) is 0 Å². The van der Waals surface area contributed by atoms with Crippen molar-refractivity contribution in [3.63, 3.8) is 0 Å². The summed E-state index contributed by atoms with van der Waals surface area (Å²) in [6, 6.07) is 0. The second-order valence-corrected chi connectivity index (χ2v) is 5.38. The maximum atomic E-state index is 10.8. The molecule has 2 fully saturated rings. The number of nitrogens with zero attached hydrogens (tertiary/aromatic N) is 2. The van der Waals surface area contributed by atoms with Gasteiger partial charge in [0.15, 0.2) is 0 Å². The zero-order valence-corrected chi connectivity index (χ0v) is 16.6. The SMILES string of the molecule is CC.CC.CN1CCCC1.COC(=O)CCC1CN(C)CCO1. The van der Waals surface area contributed by atoms with E-state index in [2.05, 4.69) is 28.6 Å². The molecule has 2 aliphatic rings. The third-order valence-electron chi connectivity index (χ3n) is 3.57. The average molecular weight is 333 g/mol. The van der Waals surface area contributed by atoms with E-state index in [0.29, 0.717) is 6.42 Å². The molecule has 2 aliphatic heterocycles. The summed E-state index contributed by atoms with van der Waals surface area (Å²) in [5.74, 6) is -0.156. The van der Waals surface area contributed by atoms with Gasteiger partial charge in [0.25, 0.3) is 0 Å². The van der Waals surface area contributed by atoms with Gasteiger partial charge in [-0.1, -0.05) is 27.7 Å². The van der Waals surface area contributed by atoms with E-state index in [1.54, 1.807) is 0 Å². The minimum absolute atomic E-state index is 0.156. The Morgan fingerprint density at radius 2 is 1.61 bits per heavy atom. The highest BCUT2D eigenvalue weighted by atomic mass is 16.5. The highest BCUT2D eigenvalue weighted by Gasteiger charge is 2.18. The fraction of sp³-hybridized carbons (Fsp3) is 0.944. The number of esters is 1. The molecule has 5 nitrogen and oxygen atoms in total. The number of carbonyl (C=O) groups is 1. The number of methoxy groups -OCH3 is 1. The lowest BCUT2D eigenvalue weighted by atomic mass is 10.1. The van der Waals surface area contributed by atoms with Crippen LogP contribution < -0.4 is 0 Å². The van der Waals surface area contributed by atoms with Crippen LogP contribution in [0.25, 0.3) is 0 Å². The molecule has 2 heterocycles. The van der Waals surface area contributed by atoms with Gasteiger partial charge in [0.1, 0.15) is 0 Å². The van der Waals surface area contributed by atoms with E-state index in [4.69, 9.17) is 4.74 Å². The lowest BCUT2D eigenvalue weighted by Gasteiger charge is -2.29. The van der Waals surface area contributed by atoms with Crippen molar-refractivity contribution in [2.45, 2.75) is 59.5 Å². The molecule has 0 amide bonds. The van der Waals surface area contributed by atoms with E-state index in [9.17, 15) is 4.79 Å². The first kappa shape index (κ1) is 24.6. The number of hydrogen-bond donors (Lipinski definition) is 0. The van der Waals surface area contributed by atoms with Crippen LogP contribution in [-0.2, 0) is 14.3 Å². The minimum atomic E-state index is -0.156. The first-order valence-electron chi connectivity index (χ1n) is 9.17. The van der Waals surface area contributed by atoms with Crippen LogP contribution in [0.2, 0.25) is 0 Å². The summed E-state index contributed by atoms with van der Waals surface area (Å²) in [6.07, 6.45) is 4.23. The van der Waals surface area contributed by atoms with E-state index < -0.39 is 0 Å². The Balaban J connectivity index is 0. The summed E-state index contributed by atoms with van der Waals surface area (Å²) in [5.41, 5.74) is 0. The Labute approximate surface area is 144 Å². The van der Waals surface area contributed by atoms with Gasteiger partial charge >= 0.3 is 5.97 Å². The smallest absolute Gasteiger partial charge is 0.305 e. The highest BCUT2D eigenvalue weighted by molar-refractivity contribution is 5.69. The molecule has 0 radical (unpaired) electrons. The second-order valence-electron chi connectivity index (χ2n) is 5.38. The van der Waals surface area contributed by atoms with Gasteiger partial charge < -0.3 is 19.3 Å². The number of likely N-dealkylation sites (tertiary alicyclic amines) is 1. The molecule has 5 heteroatoms. The molecular weight excluding hydrogens is 292 g/mol. The lowest BCUT2D eigenvalue weighted by molar-refractivity contribution is -0.141. The Morgan fingerprint density at radius 3 is 2.00 bits per heavy atom. The molecule has 2 rings (SSSR count). The number of morpholine rings is 1. The number of hydrogen-bond acceptors (Lipinski definition) is 5. The van der Waals surface area contributed by atoms with Crippen molar-refractivity contribution in [3.05, 3.63) is 0 Å². The number of likely N-dealkylation sites (N-methyl/N-ethyl adjacent to an activating group) is 1. The summed E-state index contributed by atoms with van der Waals surface area (Å²) < 4.78 is 10.1. The van der Waals surface area contributed by atoms with E-state index in [1.165, 1.54) is 33.0 Å². The summed E-state index contributed by atoms with van der Waals surface area (Å²) in [6.45, 7) is 13.3. The van der Waals surface area contributed by atoms with Gasteiger partial charge in [-0.3, -0.25) is 4.79 Å². The monoisotopic (exact) mass is 332 g/mol. The zero-order valence-electron chi connectivity index (χ0n) is 16.6. The molecule has 140 valence electrons. The average Bonchev–Trinajstić information content (AvgIpc) is 3.08. The van der Waals surface area contributed by atoms with Crippen molar-refractivity contribution in [1.29, 1.82) is 0 Å². The number of rotatable bonds is 3. The molecule has 0 aromatic heterocycles. The van der Waals surface area contributed by atoms with Crippen molar-refractivity contribution in [1.82, 2.24) is 9.80 Å². The van der Waals surface area contributed by atoms with Crippen LogP contribution in [-0.4, -0.2) is 75.9 Å². The third kappa shape index (κ3) is 14.7. The lowest BCUT2D eigenvalue weighted by Crippen LogP contribution is -2.40. The van der Waals surface area contributed by atoms with Gasteiger partial charge in [0, 0.05) is 19.5 Å². The molecule has 0 aromatic rings. The molecule has 0 aromatic carbocycles. The largest absolute Gasteiger partial charge is 0.469 e. The van der Waals surface area contributed by atoms with E-state index in [-0.39, 0.29) is 12.1 Å². The summed E-state index contributed by atoms with van der Waals surface area (Å²) in [7, 11) is 5.65. The Bertz CT molecular complexity index is 257. The molecule has 2 saturated heterocycles. The normalized spacial score (nSPS) is 20.9. The van der Waals surface area contributed by atoms with E-state index in [1.807, 2.05) is 27.7 Å². The van der Waals surface area contributed by atoms with Gasteiger partial charge in [0.2, 0.25) is 0 Å². The third-order valence-corrected chi connectivity index (χ3v) is 3.57. The van der Waals surface area contributed by atoms with E-state index >= 15 is 0 Å². The Kier molecular flexibility index (Phi) is 18.9. The topological polar surface area (TPSA) is 42.0 Å². The molecule has 1 atom stereocenters. The van der Waals surface area contributed by atoms with Crippen molar-refractivity contribution < 1.29 is 14.3 Å². The van der Waals surface area contributed by atoms with Crippen molar-refractivity contribution in [2.24, 2.45) is 0 Å². The quantitative estimate of drug-likeness (QED) is 0.743. The zero-order chi connectivity index (χ0) is 18.1. The van der Waals surface area contributed by atoms with Crippen molar-refractivity contribution in [3.8, 4) is 0 Å².